The molecule has 0 aromatic heterocycles. The van der Waals surface area contributed by atoms with Crippen LogP contribution in [0.2, 0.25) is 0 Å². The highest BCUT2D eigenvalue weighted by Crippen LogP contribution is 2.28. The van der Waals surface area contributed by atoms with Crippen LogP contribution < -0.4 is 10.1 Å². The first-order chi connectivity index (χ1) is 8.20. The Morgan fingerprint density at radius 1 is 1.53 bits per heavy atom. The number of amides is 1. The van der Waals surface area contributed by atoms with E-state index in [2.05, 4.69) is 5.32 Å². The molecule has 1 amide bonds. The molecule has 92 valence electrons. The topological polar surface area (TPSA) is 58.6 Å². The molecule has 0 unspecified atom stereocenters. The standard InChI is InChI=1S/C13H17NO3/c1-3-4-5-9-14-13(16)10-7-6-8-11(17-2)12(10)15/h3-4,6-8,15H,5,9H2,1-2H3,(H,14,16)/b4-3+. The number of phenolic OH excluding ortho intramolecular Hbond substituents is 1. The highest BCUT2D eigenvalue weighted by Gasteiger charge is 2.13. The van der Waals surface area contributed by atoms with Crippen LogP contribution in [0, 0.1) is 0 Å². The number of aromatic hydroxyl groups is 1. The zero-order chi connectivity index (χ0) is 12.7. The Labute approximate surface area is 101 Å². The van der Waals surface area contributed by atoms with E-state index >= 15 is 0 Å². The molecule has 0 saturated heterocycles. The molecule has 0 aliphatic heterocycles. The van der Waals surface area contributed by atoms with Crippen LogP contribution in [0.4, 0.5) is 0 Å². The molecular formula is C13H17NO3. The molecule has 0 spiro atoms. The van der Waals surface area contributed by atoms with Crippen LogP contribution in [0.3, 0.4) is 0 Å². The number of rotatable bonds is 5. The molecule has 0 saturated carbocycles. The molecule has 4 heteroatoms. The van der Waals surface area contributed by atoms with Gasteiger partial charge in [0.05, 0.1) is 12.7 Å². The van der Waals surface area contributed by atoms with E-state index in [1.54, 1.807) is 18.2 Å². The van der Waals surface area contributed by atoms with Gasteiger partial charge in [-0.05, 0) is 25.5 Å². The lowest BCUT2D eigenvalue weighted by Gasteiger charge is -2.08. The molecule has 0 bridgehead atoms. The SMILES string of the molecule is C/C=C/CCNC(=O)c1cccc(OC)c1O. The lowest BCUT2D eigenvalue weighted by molar-refractivity contribution is 0.0951. The minimum atomic E-state index is -0.300. The highest BCUT2D eigenvalue weighted by atomic mass is 16.5. The summed E-state index contributed by atoms with van der Waals surface area (Å²) in [7, 11) is 1.45. The van der Waals surface area contributed by atoms with Gasteiger partial charge in [-0.2, -0.15) is 0 Å². The maximum atomic E-state index is 11.7. The molecule has 0 aliphatic carbocycles. The van der Waals surface area contributed by atoms with Crippen LogP contribution in [0.15, 0.2) is 30.4 Å². The van der Waals surface area contributed by atoms with E-state index in [-0.39, 0.29) is 17.2 Å². The van der Waals surface area contributed by atoms with E-state index in [4.69, 9.17) is 4.74 Å². The fourth-order valence-electron chi connectivity index (χ4n) is 1.40. The second-order valence-electron chi connectivity index (χ2n) is 3.47. The van der Waals surface area contributed by atoms with Gasteiger partial charge in [-0.3, -0.25) is 4.79 Å². The van der Waals surface area contributed by atoms with Crippen LogP contribution >= 0.6 is 0 Å². The second kappa shape index (κ2) is 6.58. The van der Waals surface area contributed by atoms with Crippen molar-refractivity contribution in [2.45, 2.75) is 13.3 Å². The summed E-state index contributed by atoms with van der Waals surface area (Å²) in [6, 6.07) is 4.83. The molecule has 0 fully saturated rings. The Morgan fingerprint density at radius 3 is 2.94 bits per heavy atom. The van der Waals surface area contributed by atoms with E-state index < -0.39 is 0 Å². The van der Waals surface area contributed by atoms with Crippen molar-refractivity contribution in [1.82, 2.24) is 5.32 Å². The number of para-hydroxylation sites is 1. The maximum absolute atomic E-state index is 11.7. The fourth-order valence-corrected chi connectivity index (χ4v) is 1.40. The Hall–Kier alpha value is -1.97. The summed E-state index contributed by atoms with van der Waals surface area (Å²) in [6.07, 6.45) is 4.66. The number of hydrogen-bond acceptors (Lipinski definition) is 3. The molecule has 0 heterocycles. The number of hydrogen-bond donors (Lipinski definition) is 2. The number of benzene rings is 1. The largest absolute Gasteiger partial charge is 0.504 e. The third kappa shape index (κ3) is 3.52. The molecule has 2 N–H and O–H groups in total. The van der Waals surface area contributed by atoms with Gasteiger partial charge in [0, 0.05) is 6.54 Å². The van der Waals surface area contributed by atoms with E-state index in [9.17, 15) is 9.90 Å². The number of carbonyl (C=O) groups excluding carboxylic acids is 1. The third-order valence-electron chi connectivity index (χ3n) is 2.30. The molecular weight excluding hydrogens is 218 g/mol. The lowest BCUT2D eigenvalue weighted by atomic mass is 10.1. The fraction of sp³-hybridized carbons (Fsp3) is 0.308. The van der Waals surface area contributed by atoms with Crippen molar-refractivity contribution in [3.63, 3.8) is 0 Å². The molecule has 1 aromatic carbocycles. The van der Waals surface area contributed by atoms with Gasteiger partial charge in [-0.25, -0.2) is 0 Å². The molecule has 0 atom stereocenters. The monoisotopic (exact) mass is 235 g/mol. The number of phenols is 1. The lowest BCUT2D eigenvalue weighted by Crippen LogP contribution is -2.24. The van der Waals surface area contributed by atoms with Crippen molar-refractivity contribution in [2.75, 3.05) is 13.7 Å². The molecule has 4 nitrogen and oxygen atoms in total. The quantitative estimate of drug-likeness (QED) is 0.607. The Kier molecular flexibility index (Phi) is 5.07. The minimum Gasteiger partial charge on any atom is -0.504 e. The van der Waals surface area contributed by atoms with Crippen molar-refractivity contribution in [1.29, 1.82) is 0 Å². The summed E-state index contributed by atoms with van der Waals surface area (Å²) in [5.74, 6) is -0.129. The summed E-state index contributed by atoms with van der Waals surface area (Å²) in [4.78, 5) is 11.7. The van der Waals surface area contributed by atoms with Crippen molar-refractivity contribution in [3.8, 4) is 11.5 Å². The summed E-state index contributed by atoms with van der Waals surface area (Å²) in [5.41, 5.74) is 0.227. The van der Waals surface area contributed by atoms with Crippen LogP contribution in [0.25, 0.3) is 0 Å². The molecule has 0 radical (unpaired) electrons. The average Bonchev–Trinajstić information content (AvgIpc) is 2.34. The first-order valence-electron chi connectivity index (χ1n) is 5.46. The van der Waals surface area contributed by atoms with E-state index in [0.717, 1.165) is 6.42 Å². The second-order valence-corrected chi connectivity index (χ2v) is 3.47. The van der Waals surface area contributed by atoms with E-state index in [1.165, 1.54) is 7.11 Å². The van der Waals surface area contributed by atoms with Crippen molar-refractivity contribution < 1.29 is 14.6 Å². The molecule has 0 aliphatic rings. The van der Waals surface area contributed by atoms with E-state index in [0.29, 0.717) is 12.3 Å². The number of allylic oxidation sites excluding steroid dienone is 1. The Bertz CT molecular complexity index is 413. The van der Waals surface area contributed by atoms with Crippen molar-refractivity contribution in [3.05, 3.63) is 35.9 Å². The summed E-state index contributed by atoms with van der Waals surface area (Å²) in [6.45, 7) is 2.47. The molecule has 17 heavy (non-hydrogen) atoms. The maximum Gasteiger partial charge on any atom is 0.255 e. The summed E-state index contributed by atoms with van der Waals surface area (Å²) in [5, 5.41) is 12.5. The van der Waals surface area contributed by atoms with Gasteiger partial charge < -0.3 is 15.2 Å². The van der Waals surface area contributed by atoms with Crippen molar-refractivity contribution in [2.24, 2.45) is 0 Å². The normalized spacial score (nSPS) is 10.5. The average molecular weight is 235 g/mol. The summed E-state index contributed by atoms with van der Waals surface area (Å²) >= 11 is 0. The highest BCUT2D eigenvalue weighted by molar-refractivity contribution is 5.97. The molecule has 1 rings (SSSR count). The number of carbonyl (C=O) groups is 1. The number of methoxy groups -OCH3 is 1. The number of nitrogens with one attached hydrogen (secondary N) is 1. The Balaban J connectivity index is 2.69. The predicted octanol–water partition coefficient (Wildman–Crippen LogP) is 2.10. The zero-order valence-corrected chi connectivity index (χ0v) is 10.1. The van der Waals surface area contributed by atoms with Gasteiger partial charge in [-0.1, -0.05) is 18.2 Å². The minimum absolute atomic E-state index is 0.126. The first-order valence-corrected chi connectivity index (χ1v) is 5.46. The molecule has 1 aromatic rings. The first kappa shape index (κ1) is 13.1. The van der Waals surface area contributed by atoms with Crippen LogP contribution in [-0.4, -0.2) is 24.7 Å². The van der Waals surface area contributed by atoms with E-state index in [1.807, 2.05) is 19.1 Å². The van der Waals surface area contributed by atoms with Crippen LogP contribution in [0.1, 0.15) is 23.7 Å². The predicted molar refractivity (Wildman–Crippen MR) is 66.4 cm³/mol. The van der Waals surface area contributed by atoms with Gasteiger partial charge in [0.25, 0.3) is 5.91 Å². The Morgan fingerprint density at radius 2 is 2.29 bits per heavy atom. The third-order valence-corrected chi connectivity index (χ3v) is 2.30. The van der Waals surface area contributed by atoms with Gasteiger partial charge in [-0.15, -0.1) is 0 Å². The van der Waals surface area contributed by atoms with Crippen LogP contribution in [0.5, 0.6) is 11.5 Å². The van der Waals surface area contributed by atoms with Gasteiger partial charge in [0.1, 0.15) is 0 Å². The zero-order valence-electron chi connectivity index (χ0n) is 10.1. The van der Waals surface area contributed by atoms with Gasteiger partial charge in [0.2, 0.25) is 0 Å². The smallest absolute Gasteiger partial charge is 0.255 e. The summed E-state index contributed by atoms with van der Waals surface area (Å²) < 4.78 is 4.94. The van der Waals surface area contributed by atoms with Crippen molar-refractivity contribution >= 4 is 5.91 Å². The number of ether oxygens (including phenoxy) is 1. The van der Waals surface area contributed by atoms with Crippen LogP contribution in [-0.2, 0) is 0 Å². The van der Waals surface area contributed by atoms with Gasteiger partial charge >= 0.3 is 0 Å². The van der Waals surface area contributed by atoms with Gasteiger partial charge in [0.15, 0.2) is 11.5 Å².